The topological polar surface area (TPSA) is 46.5 Å². The molecule has 0 radical (unpaired) electrons. The van der Waals surface area contributed by atoms with Gasteiger partial charge in [-0.15, -0.1) is 12.6 Å². The van der Waals surface area contributed by atoms with E-state index in [1.165, 1.54) is 0 Å². The maximum atomic E-state index is 10.3. The first-order chi connectivity index (χ1) is 6.02. The highest BCUT2D eigenvalue weighted by molar-refractivity contribution is 7.80. The maximum absolute atomic E-state index is 10.3. The molecule has 0 spiro atoms. The number of thiol groups is 1. The molecule has 0 saturated heterocycles. The van der Waals surface area contributed by atoms with Crippen molar-refractivity contribution in [2.75, 3.05) is 0 Å². The van der Waals surface area contributed by atoms with Crippen LogP contribution < -0.4 is 4.74 Å². The molecule has 3 nitrogen and oxygen atoms in total. The maximum Gasteiger partial charge on any atom is 0.511 e. The van der Waals surface area contributed by atoms with Crippen LogP contribution in [0.5, 0.6) is 5.75 Å². The lowest BCUT2D eigenvalue weighted by Crippen LogP contribution is -2.04. The Balaban J connectivity index is 3.10. The smallest absolute Gasteiger partial charge is 0.449 e. The first-order valence-electron chi connectivity index (χ1n) is 3.72. The van der Waals surface area contributed by atoms with Crippen LogP contribution in [-0.2, 0) is 0 Å². The lowest BCUT2D eigenvalue weighted by molar-refractivity contribution is 0.143. The fourth-order valence-corrected chi connectivity index (χ4v) is 1.25. The molecule has 0 aromatic heterocycles. The third-order valence-corrected chi connectivity index (χ3v) is 2.42. The minimum Gasteiger partial charge on any atom is -0.449 e. The lowest BCUT2D eigenvalue weighted by atomic mass is 10.1. The van der Waals surface area contributed by atoms with Crippen LogP contribution in [0.1, 0.15) is 11.1 Å². The highest BCUT2D eigenvalue weighted by atomic mass is 32.1. The molecule has 0 aliphatic rings. The van der Waals surface area contributed by atoms with Crippen molar-refractivity contribution in [2.45, 2.75) is 18.7 Å². The van der Waals surface area contributed by atoms with Crippen molar-refractivity contribution in [2.24, 2.45) is 0 Å². The summed E-state index contributed by atoms with van der Waals surface area (Å²) in [7, 11) is 0. The summed E-state index contributed by atoms with van der Waals surface area (Å²) in [5.41, 5.74) is 1.99. The molecule has 4 heteroatoms. The van der Waals surface area contributed by atoms with Gasteiger partial charge in [0, 0.05) is 0 Å². The Morgan fingerprint density at radius 3 is 2.62 bits per heavy atom. The zero-order chi connectivity index (χ0) is 10.0. The molecule has 0 fully saturated rings. The zero-order valence-corrected chi connectivity index (χ0v) is 8.26. The van der Waals surface area contributed by atoms with Crippen LogP contribution in [0.3, 0.4) is 0 Å². The fourth-order valence-electron chi connectivity index (χ4n) is 0.953. The van der Waals surface area contributed by atoms with Gasteiger partial charge in [0.1, 0.15) is 5.75 Å². The third kappa shape index (κ3) is 2.15. The first-order valence-corrected chi connectivity index (χ1v) is 4.17. The van der Waals surface area contributed by atoms with Crippen molar-refractivity contribution in [3.05, 3.63) is 23.3 Å². The molecule has 13 heavy (non-hydrogen) atoms. The summed E-state index contributed by atoms with van der Waals surface area (Å²) in [5, 5.41) is 8.40. The summed E-state index contributed by atoms with van der Waals surface area (Å²) < 4.78 is 4.52. The van der Waals surface area contributed by atoms with Gasteiger partial charge in [-0.25, -0.2) is 4.79 Å². The van der Waals surface area contributed by atoms with E-state index in [-0.39, 0.29) is 5.75 Å². The number of hydrogen-bond donors (Lipinski definition) is 2. The van der Waals surface area contributed by atoms with E-state index in [0.29, 0.717) is 4.90 Å². The van der Waals surface area contributed by atoms with Crippen molar-refractivity contribution in [3.8, 4) is 5.75 Å². The zero-order valence-electron chi connectivity index (χ0n) is 7.37. The molecule has 0 amide bonds. The summed E-state index contributed by atoms with van der Waals surface area (Å²) in [5.74, 6) is 0.277. The van der Waals surface area contributed by atoms with Gasteiger partial charge in [-0.05, 0) is 31.0 Å². The minimum atomic E-state index is -1.32. The van der Waals surface area contributed by atoms with Crippen molar-refractivity contribution < 1.29 is 14.6 Å². The Morgan fingerprint density at radius 2 is 2.08 bits per heavy atom. The van der Waals surface area contributed by atoms with Crippen molar-refractivity contribution in [1.82, 2.24) is 0 Å². The number of hydrogen-bond acceptors (Lipinski definition) is 3. The fraction of sp³-hybridized carbons (Fsp3) is 0.222. The molecule has 1 aromatic rings. The molecule has 0 bridgehead atoms. The predicted octanol–water partition coefficient (Wildman–Crippen LogP) is 2.65. The van der Waals surface area contributed by atoms with E-state index < -0.39 is 6.16 Å². The Hall–Kier alpha value is -1.16. The average Bonchev–Trinajstić information content (AvgIpc) is 2.06. The molecular formula is C9H10O3S. The van der Waals surface area contributed by atoms with Crippen LogP contribution in [0.4, 0.5) is 4.79 Å². The summed E-state index contributed by atoms with van der Waals surface area (Å²) in [6, 6.07) is 3.39. The van der Waals surface area contributed by atoms with Crippen molar-refractivity contribution >= 4 is 18.8 Å². The molecule has 0 unspecified atom stereocenters. The standard InChI is InChI=1S/C9H10O3S/c1-5-3-4-7(12-9(10)11)8(13)6(5)2/h3-4,13H,1-2H3,(H,10,11). The predicted molar refractivity (Wildman–Crippen MR) is 51.8 cm³/mol. The second-order valence-corrected chi connectivity index (χ2v) is 3.17. The Kier molecular flexibility index (Phi) is 2.83. The molecule has 1 rings (SSSR count). The van der Waals surface area contributed by atoms with Crippen LogP contribution in [0.2, 0.25) is 0 Å². The normalized spacial score (nSPS) is 9.77. The van der Waals surface area contributed by atoms with Crippen LogP contribution in [-0.4, -0.2) is 11.3 Å². The quantitative estimate of drug-likeness (QED) is 0.414. The van der Waals surface area contributed by atoms with E-state index in [1.807, 2.05) is 13.8 Å². The van der Waals surface area contributed by atoms with Gasteiger partial charge in [0.2, 0.25) is 0 Å². The number of benzene rings is 1. The second kappa shape index (κ2) is 3.70. The highest BCUT2D eigenvalue weighted by Crippen LogP contribution is 2.28. The van der Waals surface area contributed by atoms with Gasteiger partial charge in [-0.3, -0.25) is 0 Å². The van der Waals surface area contributed by atoms with Gasteiger partial charge < -0.3 is 9.84 Å². The number of ether oxygens (including phenoxy) is 1. The molecule has 1 N–H and O–H groups in total. The Labute approximate surface area is 81.8 Å². The number of carboxylic acid groups (broad SMARTS) is 1. The molecule has 0 aliphatic carbocycles. The van der Waals surface area contributed by atoms with Gasteiger partial charge in [0.05, 0.1) is 4.90 Å². The molecule has 0 aliphatic heterocycles. The van der Waals surface area contributed by atoms with Crippen LogP contribution >= 0.6 is 12.6 Å². The van der Waals surface area contributed by atoms with Gasteiger partial charge in [-0.2, -0.15) is 0 Å². The minimum absolute atomic E-state index is 0.277. The monoisotopic (exact) mass is 198 g/mol. The third-order valence-electron chi connectivity index (χ3n) is 1.86. The van der Waals surface area contributed by atoms with Crippen molar-refractivity contribution in [3.63, 3.8) is 0 Å². The summed E-state index contributed by atoms with van der Waals surface area (Å²) >= 11 is 4.17. The van der Waals surface area contributed by atoms with Crippen LogP contribution in [0, 0.1) is 13.8 Å². The van der Waals surface area contributed by atoms with Gasteiger partial charge in [0.25, 0.3) is 0 Å². The lowest BCUT2D eigenvalue weighted by Gasteiger charge is -2.08. The van der Waals surface area contributed by atoms with E-state index in [9.17, 15) is 4.79 Å². The van der Waals surface area contributed by atoms with E-state index in [4.69, 9.17) is 5.11 Å². The summed E-state index contributed by atoms with van der Waals surface area (Å²) in [6.45, 7) is 3.80. The molecule has 0 saturated carbocycles. The first kappa shape index (κ1) is 9.92. The van der Waals surface area contributed by atoms with Crippen LogP contribution in [0.15, 0.2) is 17.0 Å². The summed E-state index contributed by atoms with van der Waals surface area (Å²) in [6.07, 6.45) is -1.32. The van der Waals surface area contributed by atoms with Crippen molar-refractivity contribution in [1.29, 1.82) is 0 Å². The largest absolute Gasteiger partial charge is 0.511 e. The van der Waals surface area contributed by atoms with Gasteiger partial charge >= 0.3 is 6.16 Å². The van der Waals surface area contributed by atoms with E-state index >= 15 is 0 Å². The van der Waals surface area contributed by atoms with Gasteiger partial charge in [-0.1, -0.05) is 6.07 Å². The highest BCUT2D eigenvalue weighted by Gasteiger charge is 2.08. The molecular weight excluding hydrogens is 188 g/mol. The average molecular weight is 198 g/mol. The molecule has 0 atom stereocenters. The summed E-state index contributed by atoms with van der Waals surface area (Å²) in [4.78, 5) is 10.8. The Morgan fingerprint density at radius 1 is 1.46 bits per heavy atom. The van der Waals surface area contributed by atoms with Gasteiger partial charge in [0.15, 0.2) is 0 Å². The SMILES string of the molecule is Cc1ccc(OC(=O)O)c(S)c1C. The molecule has 0 heterocycles. The molecule has 70 valence electrons. The van der Waals surface area contributed by atoms with E-state index in [1.54, 1.807) is 12.1 Å². The number of aryl methyl sites for hydroxylation is 1. The van der Waals surface area contributed by atoms with Crippen LogP contribution in [0.25, 0.3) is 0 Å². The Bertz CT molecular complexity index is 347. The number of rotatable bonds is 1. The van der Waals surface area contributed by atoms with E-state index in [2.05, 4.69) is 17.4 Å². The number of carbonyl (C=O) groups is 1. The molecule has 1 aromatic carbocycles. The second-order valence-electron chi connectivity index (χ2n) is 2.72. The van der Waals surface area contributed by atoms with E-state index in [0.717, 1.165) is 11.1 Å².